The van der Waals surface area contributed by atoms with Crippen LogP contribution in [0.5, 0.6) is 0 Å². The first-order chi connectivity index (χ1) is 5.88. The van der Waals surface area contributed by atoms with Crippen molar-refractivity contribution in [1.82, 2.24) is 0 Å². The standard InChI is InChI=1S/C10H20O3/c1-10(2,3)8(11)6-5-7-9(12)13-4/h8,11H,5-7H2,1-4H3. The van der Waals surface area contributed by atoms with E-state index in [9.17, 15) is 9.90 Å². The zero-order valence-electron chi connectivity index (χ0n) is 8.96. The Morgan fingerprint density at radius 3 is 2.38 bits per heavy atom. The number of methoxy groups -OCH3 is 1. The Morgan fingerprint density at radius 1 is 1.46 bits per heavy atom. The molecule has 0 rings (SSSR count). The smallest absolute Gasteiger partial charge is 0.305 e. The molecule has 1 unspecified atom stereocenters. The molecule has 3 heteroatoms. The molecule has 0 saturated carbocycles. The van der Waals surface area contributed by atoms with Crippen LogP contribution in [0.2, 0.25) is 0 Å². The molecule has 1 N–H and O–H groups in total. The van der Waals surface area contributed by atoms with Gasteiger partial charge < -0.3 is 9.84 Å². The van der Waals surface area contributed by atoms with Crippen LogP contribution in [0.15, 0.2) is 0 Å². The monoisotopic (exact) mass is 188 g/mol. The normalized spacial score (nSPS) is 13.9. The minimum Gasteiger partial charge on any atom is -0.469 e. The summed E-state index contributed by atoms with van der Waals surface area (Å²) in [7, 11) is 1.38. The maximum atomic E-state index is 10.7. The maximum Gasteiger partial charge on any atom is 0.305 e. The van der Waals surface area contributed by atoms with Crippen LogP contribution in [-0.4, -0.2) is 24.3 Å². The van der Waals surface area contributed by atoms with Gasteiger partial charge in [-0.1, -0.05) is 20.8 Å². The van der Waals surface area contributed by atoms with Crippen molar-refractivity contribution in [3.05, 3.63) is 0 Å². The van der Waals surface area contributed by atoms with Gasteiger partial charge in [0.15, 0.2) is 0 Å². The van der Waals surface area contributed by atoms with Gasteiger partial charge in [0.05, 0.1) is 13.2 Å². The number of hydrogen-bond acceptors (Lipinski definition) is 3. The molecular formula is C10H20O3. The lowest BCUT2D eigenvalue weighted by Crippen LogP contribution is -2.25. The fourth-order valence-electron chi connectivity index (χ4n) is 0.975. The second-order valence-corrected chi connectivity index (χ2v) is 4.35. The van der Waals surface area contributed by atoms with E-state index in [2.05, 4.69) is 4.74 Å². The van der Waals surface area contributed by atoms with E-state index in [0.717, 1.165) is 0 Å². The van der Waals surface area contributed by atoms with Crippen LogP contribution in [0, 0.1) is 5.41 Å². The number of rotatable bonds is 4. The Morgan fingerprint density at radius 2 is 2.00 bits per heavy atom. The third kappa shape index (κ3) is 5.64. The molecular weight excluding hydrogens is 168 g/mol. The number of carbonyl (C=O) groups is 1. The van der Waals surface area contributed by atoms with Crippen LogP contribution >= 0.6 is 0 Å². The largest absolute Gasteiger partial charge is 0.469 e. The first kappa shape index (κ1) is 12.4. The molecule has 78 valence electrons. The predicted octanol–water partition coefficient (Wildman–Crippen LogP) is 1.74. The van der Waals surface area contributed by atoms with Gasteiger partial charge in [-0.15, -0.1) is 0 Å². The van der Waals surface area contributed by atoms with Crippen molar-refractivity contribution in [2.75, 3.05) is 7.11 Å². The molecule has 0 aliphatic rings. The van der Waals surface area contributed by atoms with E-state index in [1.807, 2.05) is 20.8 Å². The SMILES string of the molecule is COC(=O)CCCC(O)C(C)(C)C. The van der Waals surface area contributed by atoms with E-state index in [-0.39, 0.29) is 17.5 Å². The number of aliphatic hydroxyl groups is 1. The van der Waals surface area contributed by atoms with E-state index in [1.165, 1.54) is 7.11 Å². The average Bonchev–Trinajstić information content (AvgIpc) is 2.02. The van der Waals surface area contributed by atoms with Crippen molar-refractivity contribution in [3.63, 3.8) is 0 Å². The van der Waals surface area contributed by atoms with Gasteiger partial charge >= 0.3 is 5.97 Å². The molecule has 0 amide bonds. The molecule has 0 spiro atoms. The first-order valence-corrected chi connectivity index (χ1v) is 4.63. The summed E-state index contributed by atoms with van der Waals surface area (Å²) in [6.45, 7) is 5.95. The van der Waals surface area contributed by atoms with Gasteiger partial charge in [0.1, 0.15) is 0 Å². The van der Waals surface area contributed by atoms with Crippen LogP contribution < -0.4 is 0 Å². The molecule has 0 fully saturated rings. The Labute approximate surface area is 80.1 Å². The van der Waals surface area contributed by atoms with Crippen molar-refractivity contribution < 1.29 is 14.6 Å². The highest BCUT2D eigenvalue weighted by atomic mass is 16.5. The highest BCUT2D eigenvalue weighted by Gasteiger charge is 2.21. The number of hydrogen-bond donors (Lipinski definition) is 1. The van der Waals surface area contributed by atoms with Gasteiger partial charge in [-0.2, -0.15) is 0 Å². The molecule has 0 radical (unpaired) electrons. The van der Waals surface area contributed by atoms with E-state index in [4.69, 9.17) is 0 Å². The maximum absolute atomic E-state index is 10.7. The molecule has 3 nitrogen and oxygen atoms in total. The summed E-state index contributed by atoms with van der Waals surface area (Å²) in [6.07, 6.45) is 1.38. The Hall–Kier alpha value is -0.570. The van der Waals surface area contributed by atoms with Crippen LogP contribution in [-0.2, 0) is 9.53 Å². The highest BCUT2D eigenvalue weighted by Crippen LogP contribution is 2.22. The van der Waals surface area contributed by atoms with Gasteiger partial charge in [-0.05, 0) is 18.3 Å². The summed E-state index contributed by atoms with van der Waals surface area (Å²) >= 11 is 0. The van der Waals surface area contributed by atoms with Gasteiger partial charge in [-0.3, -0.25) is 4.79 Å². The van der Waals surface area contributed by atoms with Crippen molar-refractivity contribution in [1.29, 1.82) is 0 Å². The van der Waals surface area contributed by atoms with Gasteiger partial charge in [0.2, 0.25) is 0 Å². The third-order valence-electron chi connectivity index (χ3n) is 2.09. The second kappa shape index (κ2) is 5.22. The molecule has 0 aliphatic heterocycles. The summed E-state index contributed by atoms with van der Waals surface area (Å²) in [5.41, 5.74) is -0.101. The summed E-state index contributed by atoms with van der Waals surface area (Å²) in [5, 5.41) is 9.62. The summed E-state index contributed by atoms with van der Waals surface area (Å²) in [5.74, 6) is -0.207. The van der Waals surface area contributed by atoms with Gasteiger partial charge in [0, 0.05) is 6.42 Å². The molecule has 0 saturated heterocycles. The minimum absolute atomic E-state index is 0.101. The minimum atomic E-state index is -0.350. The molecule has 0 aromatic heterocycles. The fourth-order valence-corrected chi connectivity index (χ4v) is 0.975. The lowest BCUT2D eigenvalue weighted by molar-refractivity contribution is -0.140. The molecule has 0 aliphatic carbocycles. The molecule has 0 heterocycles. The Balaban J connectivity index is 3.60. The van der Waals surface area contributed by atoms with Crippen molar-refractivity contribution in [3.8, 4) is 0 Å². The van der Waals surface area contributed by atoms with Crippen molar-refractivity contribution in [2.45, 2.75) is 46.1 Å². The lowest BCUT2D eigenvalue weighted by atomic mass is 9.86. The van der Waals surface area contributed by atoms with Crippen LogP contribution in [0.25, 0.3) is 0 Å². The number of esters is 1. The number of aliphatic hydroxyl groups excluding tert-OH is 1. The summed E-state index contributed by atoms with van der Waals surface area (Å²) in [4.78, 5) is 10.7. The van der Waals surface area contributed by atoms with Crippen molar-refractivity contribution in [2.24, 2.45) is 5.41 Å². The fraction of sp³-hybridized carbons (Fsp3) is 0.900. The van der Waals surface area contributed by atoms with Crippen LogP contribution in [0.3, 0.4) is 0 Å². The summed E-state index contributed by atoms with van der Waals surface area (Å²) in [6, 6.07) is 0. The predicted molar refractivity (Wildman–Crippen MR) is 51.3 cm³/mol. The Bertz CT molecular complexity index is 158. The molecule has 0 bridgehead atoms. The number of carbonyl (C=O) groups excluding carboxylic acids is 1. The zero-order valence-corrected chi connectivity index (χ0v) is 8.96. The van der Waals surface area contributed by atoms with E-state index < -0.39 is 0 Å². The summed E-state index contributed by atoms with van der Waals surface area (Å²) < 4.78 is 4.50. The van der Waals surface area contributed by atoms with Crippen molar-refractivity contribution >= 4 is 5.97 Å². The molecule has 0 aromatic rings. The highest BCUT2D eigenvalue weighted by molar-refractivity contribution is 5.68. The van der Waals surface area contributed by atoms with Gasteiger partial charge in [0.25, 0.3) is 0 Å². The molecule has 1 atom stereocenters. The quantitative estimate of drug-likeness (QED) is 0.683. The zero-order chi connectivity index (χ0) is 10.5. The van der Waals surface area contributed by atoms with Crippen LogP contribution in [0.4, 0.5) is 0 Å². The number of ether oxygens (including phenoxy) is 1. The molecule has 13 heavy (non-hydrogen) atoms. The van der Waals surface area contributed by atoms with E-state index in [0.29, 0.717) is 19.3 Å². The van der Waals surface area contributed by atoms with Gasteiger partial charge in [-0.25, -0.2) is 0 Å². The average molecular weight is 188 g/mol. The second-order valence-electron chi connectivity index (χ2n) is 4.35. The molecule has 0 aromatic carbocycles. The van der Waals surface area contributed by atoms with E-state index in [1.54, 1.807) is 0 Å². The first-order valence-electron chi connectivity index (χ1n) is 4.63. The topological polar surface area (TPSA) is 46.5 Å². The Kier molecular flexibility index (Phi) is 4.99. The van der Waals surface area contributed by atoms with Crippen LogP contribution in [0.1, 0.15) is 40.0 Å². The third-order valence-corrected chi connectivity index (χ3v) is 2.09. The lowest BCUT2D eigenvalue weighted by Gasteiger charge is -2.25. The van der Waals surface area contributed by atoms with E-state index >= 15 is 0 Å².